The molecule has 1 aromatic heterocycles. The SMILES string of the molecule is COc1ccc(C=Nc2ccc3oc(-c4ccc(Cl)cc4)nc3c2)cc1Br. The van der Waals surface area contributed by atoms with Gasteiger partial charge in [-0.3, -0.25) is 4.99 Å². The predicted molar refractivity (Wildman–Crippen MR) is 112 cm³/mol. The molecule has 0 atom stereocenters. The van der Waals surface area contributed by atoms with Crippen molar-refractivity contribution in [1.82, 2.24) is 4.98 Å². The van der Waals surface area contributed by atoms with Crippen molar-refractivity contribution >= 4 is 50.5 Å². The Labute approximate surface area is 169 Å². The van der Waals surface area contributed by atoms with E-state index in [0.717, 1.165) is 32.6 Å². The largest absolute Gasteiger partial charge is 0.496 e. The molecule has 27 heavy (non-hydrogen) atoms. The van der Waals surface area contributed by atoms with Gasteiger partial charge in [0, 0.05) is 16.8 Å². The molecule has 0 spiro atoms. The van der Waals surface area contributed by atoms with Crippen molar-refractivity contribution in [3.63, 3.8) is 0 Å². The Morgan fingerprint density at radius 1 is 1.07 bits per heavy atom. The molecule has 0 unspecified atom stereocenters. The maximum Gasteiger partial charge on any atom is 0.227 e. The van der Waals surface area contributed by atoms with Gasteiger partial charge in [-0.25, -0.2) is 4.98 Å². The fraction of sp³-hybridized carbons (Fsp3) is 0.0476. The topological polar surface area (TPSA) is 47.6 Å². The number of rotatable bonds is 4. The van der Waals surface area contributed by atoms with Gasteiger partial charge >= 0.3 is 0 Å². The van der Waals surface area contributed by atoms with Crippen molar-refractivity contribution in [2.24, 2.45) is 4.99 Å². The highest BCUT2D eigenvalue weighted by Gasteiger charge is 2.08. The number of ether oxygens (including phenoxy) is 1. The zero-order valence-corrected chi connectivity index (χ0v) is 16.7. The second-order valence-electron chi connectivity index (χ2n) is 5.83. The second-order valence-corrected chi connectivity index (χ2v) is 7.12. The highest BCUT2D eigenvalue weighted by molar-refractivity contribution is 9.10. The van der Waals surface area contributed by atoms with Gasteiger partial charge in [0.1, 0.15) is 11.3 Å². The van der Waals surface area contributed by atoms with E-state index in [4.69, 9.17) is 20.8 Å². The number of hydrogen-bond donors (Lipinski definition) is 0. The summed E-state index contributed by atoms with van der Waals surface area (Å²) >= 11 is 9.41. The summed E-state index contributed by atoms with van der Waals surface area (Å²) in [5.41, 5.74) is 4.11. The van der Waals surface area contributed by atoms with E-state index >= 15 is 0 Å². The van der Waals surface area contributed by atoms with Gasteiger partial charge in [-0.1, -0.05) is 11.6 Å². The molecule has 0 radical (unpaired) electrons. The number of aromatic nitrogens is 1. The summed E-state index contributed by atoms with van der Waals surface area (Å²) in [7, 11) is 1.64. The zero-order valence-electron chi connectivity index (χ0n) is 14.3. The fourth-order valence-corrected chi connectivity index (χ4v) is 3.31. The maximum absolute atomic E-state index is 5.93. The molecule has 3 aromatic carbocycles. The molecule has 134 valence electrons. The third-order valence-corrected chi connectivity index (χ3v) is 4.87. The fourth-order valence-electron chi connectivity index (χ4n) is 2.62. The summed E-state index contributed by atoms with van der Waals surface area (Å²) in [6.07, 6.45) is 1.80. The first-order valence-corrected chi connectivity index (χ1v) is 9.33. The molecule has 4 aromatic rings. The normalized spacial score (nSPS) is 11.4. The van der Waals surface area contributed by atoms with Gasteiger partial charge in [-0.2, -0.15) is 0 Å². The lowest BCUT2D eigenvalue weighted by Gasteiger charge is -2.03. The van der Waals surface area contributed by atoms with E-state index in [2.05, 4.69) is 25.9 Å². The number of aliphatic imine (C=N–C) groups is 1. The number of hydrogen-bond acceptors (Lipinski definition) is 4. The molecule has 6 heteroatoms. The minimum atomic E-state index is 0.557. The van der Waals surface area contributed by atoms with Gasteiger partial charge in [0.2, 0.25) is 5.89 Å². The highest BCUT2D eigenvalue weighted by atomic mass is 79.9. The summed E-state index contributed by atoms with van der Waals surface area (Å²) in [5.74, 6) is 1.34. The molecule has 0 amide bonds. The first-order valence-electron chi connectivity index (χ1n) is 8.16. The summed E-state index contributed by atoms with van der Waals surface area (Å²) in [4.78, 5) is 9.09. The lowest BCUT2D eigenvalue weighted by atomic mass is 10.2. The van der Waals surface area contributed by atoms with Crippen LogP contribution < -0.4 is 4.74 Å². The first-order chi connectivity index (χ1) is 13.1. The molecule has 4 rings (SSSR count). The summed E-state index contributed by atoms with van der Waals surface area (Å²) < 4.78 is 11.9. The first kappa shape index (κ1) is 17.8. The van der Waals surface area contributed by atoms with Crippen LogP contribution in [0.5, 0.6) is 5.75 Å². The monoisotopic (exact) mass is 440 g/mol. The van der Waals surface area contributed by atoms with E-state index in [1.807, 2.05) is 60.7 Å². The Morgan fingerprint density at radius 3 is 2.63 bits per heavy atom. The Morgan fingerprint density at radius 2 is 1.89 bits per heavy atom. The lowest BCUT2D eigenvalue weighted by molar-refractivity contribution is 0.412. The molecule has 0 aliphatic rings. The molecule has 0 fully saturated rings. The van der Waals surface area contributed by atoms with E-state index in [1.54, 1.807) is 13.3 Å². The van der Waals surface area contributed by atoms with Crippen molar-refractivity contribution in [1.29, 1.82) is 0 Å². The van der Waals surface area contributed by atoms with E-state index in [0.29, 0.717) is 16.5 Å². The Balaban J connectivity index is 1.61. The van der Waals surface area contributed by atoms with Gasteiger partial charge < -0.3 is 9.15 Å². The van der Waals surface area contributed by atoms with E-state index in [-0.39, 0.29) is 0 Å². The average Bonchev–Trinajstić information content (AvgIpc) is 3.10. The molecule has 0 N–H and O–H groups in total. The van der Waals surface area contributed by atoms with Crippen LogP contribution in [0.15, 0.2) is 74.5 Å². The molecule has 0 saturated heterocycles. The van der Waals surface area contributed by atoms with Crippen molar-refractivity contribution in [2.75, 3.05) is 7.11 Å². The van der Waals surface area contributed by atoms with Gasteiger partial charge in [0.15, 0.2) is 5.58 Å². The van der Waals surface area contributed by atoms with E-state index in [1.165, 1.54) is 0 Å². The van der Waals surface area contributed by atoms with Crippen LogP contribution in [-0.4, -0.2) is 18.3 Å². The quantitative estimate of drug-likeness (QED) is 0.332. The van der Waals surface area contributed by atoms with Crippen LogP contribution in [0.4, 0.5) is 5.69 Å². The third-order valence-electron chi connectivity index (χ3n) is 4.00. The third kappa shape index (κ3) is 3.89. The van der Waals surface area contributed by atoms with Crippen LogP contribution in [-0.2, 0) is 0 Å². The van der Waals surface area contributed by atoms with Crippen molar-refractivity contribution < 1.29 is 9.15 Å². The molecule has 0 bridgehead atoms. The zero-order chi connectivity index (χ0) is 18.8. The number of methoxy groups -OCH3 is 1. The summed E-state index contributed by atoms with van der Waals surface area (Å²) in [6, 6.07) is 18.9. The van der Waals surface area contributed by atoms with Crippen molar-refractivity contribution in [2.45, 2.75) is 0 Å². The van der Waals surface area contributed by atoms with Crippen LogP contribution in [0.25, 0.3) is 22.6 Å². The standard InChI is InChI=1S/C21H14BrClN2O2/c1-26-19-8-2-13(10-17(19)22)12-24-16-7-9-20-18(11-16)25-21(27-20)14-3-5-15(23)6-4-14/h2-12H,1H3. The maximum atomic E-state index is 5.93. The van der Waals surface area contributed by atoms with Crippen LogP contribution in [0.3, 0.4) is 0 Å². The van der Waals surface area contributed by atoms with Crippen LogP contribution in [0.2, 0.25) is 5.02 Å². The Kier molecular flexibility index (Phi) is 4.97. The Bertz CT molecular complexity index is 1140. The van der Waals surface area contributed by atoms with E-state index in [9.17, 15) is 0 Å². The van der Waals surface area contributed by atoms with Crippen LogP contribution in [0.1, 0.15) is 5.56 Å². The number of nitrogens with zero attached hydrogens (tertiary/aromatic N) is 2. The van der Waals surface area contributed by atoms with Crippen molar-refractivity contribution in [3.8, 4) is 17.2 Å². The van der Waals surface area contributed by atoms with E-state index < -0.39 is 0 Å². The van der Waals surface area contributed by atoms with Gasteiger partial charge in [-0.15, -0.1) is 0 Å². The van der Waals surface area contributed by atoms with Gasteiger partial charge in [0.05, 0.1) is 17.3 Å². The van der Waals surface area contributed by atoms with Crippen LogP contribution >= 0.6 is 27.5 Å². The summed E-state index contributed by atoms with van der Waals surface area (Å²) in [5, 5.41) is 0.677. The number of oxazole rings is 1. The molecule has 0 aliphatic heterocycles. The van der Waals surface area contributed by atoms with Crippen molar-refractivity contribution in [3.05, 3.63) is 75.7 Å². The molecule has 1 heterocycles. The number of benzene rings is 3. The average molecular weight is 442 g/mol. The molecular weight excluding hydrogens is 428 g/mol. The van der Waals surface area contributed by atoms with Crippen LogP contribution in [0, 0.1) is 0 Å². The predicted octanol–water partition coefficient (Wildman–Crippen LogP) is 6.67. The molecular formula is C21H14BrClN2O2. The minimum absolute atomic E-state index is 0.557. The highest BCUT2D eigenvalue weighted by Crippen LogP contribution is 2.28. The molecule has 4 nitrogen and oxygen atoms in total. The summed E-state index contributed by atoms with van der Waals surface area (Å²) in [6.45, 7) is 0. The van der Waals surface area contributed by atoms with Gasteiger partial charge in [0.25, 0.3) is 0 Å². The molecule has 0 saturated carbocycles. The molecule has 0 aliphatic carbocycles. The van der Waals surface area contributed by atoms with Gasteiger partial charge in [-0.05, 0) is 82.2 Å². The number of halogens is 2. The second kappa shape index (κ2) is 7.55. The smallest absolute Gasteiger partial charge is 0.227 e. The minimum Gasteiger partial charge on any atom is -0.496 e. The Hall–Kier alpha value is -2.63. The number of fused-ring (bicyclic) bond motifs is 1. The lowest BCUT2D eigenvalue weighted by Crippen LogP contribution is -1.86.